The van der Waals surface area contributed by atoms with E-state index in [1.54, 1.807) is 0 Å². The summed E-state index contributed by atoms with van der Waals surface area (Å²) in [6.07, 6.45) is 9.67. The van der Waals surface area contributed by atoms with Crippen LogP contribution >= 0.6 is 0 Å². The second-order valence-corrected chi connectivity index (χ2v) is 5.93. The van der Waals surface area contributed by atoms with Crippen molar-refractivity contribution in [3.8, 4) is 0 Å². The molecule has 114 valence electrons. The van der Waals surface area contributed by atoms with Gasteiger partial charge in [-0.05, 0) is 26.4 Å². The quantitative estimate of drug-likeness (QED) is 0.618. The van der Waals surface area contributed by atoms with E-state index < -0.39 is 0 Å². The molecule has 0 aromatic carbocycles. The van der Waals surface area contributed by atoms with E-state index in [-0.39, 0.29) is 0 Å². The molecule has 3 nitrogen and oxygen atoms in total. The third-order valence-electron chi connectivity index (χ3n) is 4.02. The Labute approximate surface area is 120 Å². The first-order valence-corrected chi connectivity index (χ1v) is 8.31. The average molecular weight is 270 g/mol. The maximum absolute atomic E-state index is 5.98. The summed E-state index contributed by atoms with van der Waals surface area (Å²) in [6, 6.07) is 0.546. The van der Waals surface area contributed by atoms with Crippen molar-refractivity contribution in [1.82, 2.24) is 10.2 Å². The van der Waals surface area contributed by atoms with Gasteiger partial charge in [0.15, 0.2) is 0 Å². The van der Waals surface area contributed by atoms with Gasteiger partial charge in [-0.3, -0.25) is 0 Å². The van der Waals surface area contributed by atoms with Gasteiger partial charge in [0.1, 0.15) is 0 Å². The zero-order valence-electron chi connectivity index (χ0n) is 13.3. The molecule has 1 heterocycles. The van der Waals surface area contributed by atoms with Crippen LogP contribution in [0.25, 0.3) is 0 Å². The Hall–Kier alpha value is -0.120. The lowest BCUT2D eigenvalue weighted by Crippen LogP contribution is -2.51. The second kappa shape index (κ2) is 10.6. The van der Waals surface area contributed by atoms with Gasteiger partial charge >= 0.3 is 0 Å². The van der Waals surface area contributed by atoms with Crippen molar-refractivity contribution >= 4 is 0 Å². The molecule has 1 saturated heterocycles. The maximum Gasteiger partial charge on any atom is 0.0855 e. The Bertz CT molecular complexity index is 211. The van der Waals surface area contributed by atoms with E-state index in [1.807, 2.05) is 0 Å². The fourth-order valence-corrected chi connectivity index (χ4v) is 2.77. The first-order chi connectivity index (χ1) is 9.27. The summed E-state index contributed by atoms with van der Waals surface area (Å²) in [7, 11) is 2.20. The number of unbranched alkanes of at least 4 members (excludes halogenated alkanes) is 4. The molecule has 1 aliphatic rings. The van der Waals surface area contributed by atoms with E-state index in [9.17, 15) is 0 Å². The first kappa shape index (κ1) is 16.9. The van der Waals surface area contributed by atoms with Gasteiger partial charge in [-0.2, -0.15) is 0 Å². The molecule has 19 heavy (non-hydrogen) atoms. The number of hydrogen-bond donors (Lipinski definition) is 1. The normalized spacial score (nSPS) is 22.6. The number of nitrogens with zero attached hydrogens (tertiary/aromatic N) is 1. The number of rotatable bonds is 10. The van der Waals surface area contributed by atoms with E-state index in [2.05, 4.69) is 31.1 Å². The van der Waals surface area contributed by atoms with Gasteiger partial charge in [0.25, 0.3) is 0 Å². The highest BCUT2D eigenvalue weighted by Gasteiger charge is 2.25. The largest absolute Gasteiger partial charge is 0.374 e. The van der Waals surface area contributed by atoms with Gasteiger partial charge in [0, 0.05) is 19.1 Å². The number of nitrogens with one attached hydrogen (secondary N) is 1. The van der Waals surface area contributed by atoms with E-state index in [4.69, 9.17) is 4.74 Å². The maximum atomic E-state index is 5.98. The molecule has 2 atom stereocenters. The molecule has 3 heteroatoms. The van der Waals surface area contributed by atoms with Crippen LogP contribution in [0.2, 0.25) is 0 Å². The smallest absolute Gasteiger partial charge is 0.0855 e. The summed E-state index contributed by atoms with van der Waals surface area (Å²) in [5.41, 5.74) is 0. The molecule has 0 aromatic heterocycles. The van der Waals surface area contributed by atoms with Crippen LogP contribution in [0.4, 0.5) is 0 Å². The Balaban J connectivity index is 2.28. The number of hydrogen-bond acceptors (Lipinski definition) is 3. The molecule has 0 aliphatic carbocycles. The Morgan fingerprint density at radius 3 is 2.63 bits per heavy atom. The van der Waals surface area contributed by atoms with Crippen LogP contribution in [0, 0.1) is 0 Å². The number of morpholine rings is 1. The summed E-state index contributed by atoms with van der Waals surface area (Å²) < 4.78 is 5.98. The predicted molar refractivity (Wildman–Crippen MR) is 82.7 cm³/mol. The minimum atomic E-state index is 0.386. The van der Waals surface area contributed by atoms with Crippen molar-refractivity contribution in [1.29, 1.82) is 0 Å². The zero-order chi connectivity index (χ0) is 13.9. The molecule has 0 saturated carbocycles. The zero-order valence-corrected chi connectivity index (χ0v) is 13.3. The Kier molecular flexibility index (Phi) is 9.48. The molecule has 1 fully saturated rings. The summed E-state index contributed by atoms with van der Waals surface area (Å²) in [5.74, 6) is 0. The number of likely N-dealkylation sites (N-methyl/N-ethyl adjacent to an activating group) is 1. The third kappa shape index (κ3) is 7.28. The predicted octanol–water partition coefficient (Wildman–Crippen LogP) is 3.05. The highest BCUT2D eigenvalue weighted by atomic mass is 16.5. The summed E-state index contributed by atoms with van der Waals surface area (Å²) in [4.78, 5) is 2.39. The van der Waals surface area contributed by atoms with Crippen LogP contribution in [0.15, 0.2) is 0 Å². The minimum absolute atomic E-state index is 0.386. The molecular formula is C16H34N2O. The van der Waals surface area contributed by atoms with Crippen LogP contribution < -0.4 is 5.32 Å². The first-order valence-electron chi connectivity index (χ1n) is 8.31. The van der Waals surface area contributed by atoms with Crippen molar-refractivity contribution in [2.45, 2.75) is 70.9 Å². The van der Waals surface area contributed by atoms with E-state index in [0.29, 0.717) is 12.1 Å². The SMILES string of the molecule is CCCCCCCC(NCCC)C1CN(C)CCO1. The molecule has 1 aliphatic heterocycles. The van der Waals surface area contributed by atoms with Crippen molar-refractivity contribution in [2.75, 3.05) is 33.3 Å². The molecule has 2 unspecified atom stereocenters. The standard InChI is InChI=1S/C16H34N2O/c1-4-6-7-8-9-10-15(17-11-5-2)16-14-18(3)12-13-19-16/h15-17H,4-14H2,1-3H3. The second-order valence-electron chi connectivity index (χ2n) is 5.93. The third-order valence-corrected chi connectivity index (χ3v) is 4.02. The highest BCUT2D eigenvalue weighted by Crippen LogP contribution is 2.14. The van der Waals surface area contributed by atoms with Gasteiger partial charge in [-0.25, -0.2) is 0 Å². The van der Waals surface area contributed by atoms with Crippen molar-refractivity contribution in [2.24, 2.45) is 0 Å². The van der Waals surface area contributed by atoms with Crippen LogP contribution in [-0.2, 0) is 4.74 Å². The topological polar surface area (TPSA) is 24.5 Å². The van der Waals surface area contributed by atoms with Gasteiger partial charge in [-0.15, -0.1) is 0 Å². The fourth-order valence-electron chi connectivity index (χ4n) is 2.77. The van der Waals surface area contributed by atoms with Crippen LogP contribution in [0.1, 0.15) is 58.8 Å². The molecule has 0 radical (unpaired) electrons. The van der Waals surface area contributed by atoms with Crippen LogP contribution in [0.3, 0.4) is 0 Å². The molecule has 0 bridgehead atoms. The van der Waals surface area contributed by atoms with E-state index >= 15 is 0 Å². The molecule has 0 aromatic rings. The summed E-state index contributed by atoms with van der Waals surface area (Å²) >= 11 is 0. The molecule has 0 amide bonds. The molecule has 0 spiro atoms. The Morgan fingerprint density at radius 2 is 1.95 bits per heavy atom. The summed E-state index contributed by atoms with van der Waals surface area (Å²) in [6.45, 7) is 8.67. The van der Waals surface area contributed by atoms with Gasteiger partial charge in [-0.1, -0.05) is 46.0 Å². The minimum Gasteiger partial charge on any atom is -0.374 e. The van der Waals surface area contributed by atoms with Gasteiger partial charge in [0.05, 0.1) is 12.7 Å². The van der Waals surface area contributed by atoms with Crippen LogP contribution in [0.5, 0.6) is 0 Å². The lowest BCUT2D eigenvalue weighted by molar-refractivity contribution is -0.0402. The average Bonchev–Trinajstić information content (AvgIpc) is 2.42. The van der Waals surface area contributed by atoms with Crippen molar-refractivity contribution in [3.05, 3.63) is 0 Å². The molecule has 1 rings (SSSR count). The lowest BCUT2D eigenvalue weighted by Gasteiger charge is -2.35. The molecule has 1 N–H and O–H groups in total. The lowest BCUT2D eigenvalue weighted by atomic mass is 10.0. The van der Waals surface area contributed by atoms with Crippen LogP contribution in [-0.4, -0.2) is 50.3 Å². The highest BCUT2D eigenvalue weighted by molar-refractivity contribution is 4.82. The number of ether oxygens (including phenoxy) is 1. The van der Waals surface area contributed by atoms with E-state index in [0.717, 1.165) is 26.2 Å². The van der Waals surface area contributed by atoms with Gasteiger partial charge in [0.2, 0.25) is 0 Å². The monoisotopic (exact) mass is 270 g/mol. The van der Waals surface area contributed by atoms with Crippen molar-refractivity contribution in [3.63, 3.8) is 0 Å². The van der Waals surface area contributed by atoms with Gasteiger partial charge < -0.3 is 15.0 Å². The fraction of sp³-hybridized carbons (Fsp3) is 1.00. The van der Waals surface area contributed by atoms with Crippen molar-refractivity contribution < 1.29 is 4.74 Å². The van der Waals surface area contributed by atoms with E-state index in [1.165, 1.54) is 44.9 Å². The molecular weight excluding hydrogens is 236 g/mol. The summed E-state index contributed by atoms with van der Waals surface area (Å²) in [5, 5.41) is 3.70. The Morgan fingerprint density at radius 1 is 1.16 bits per heavy atom.